The van der Waals surface area contributed by atoms with Gasteiger partial charge in [0.05, 0.1) is 5.75 Å². The van der Waals surface area contributed by atoms with Crippen LogP contribution in [-0.2, 0) is 10.0 Å². The van der Waals surface area contributed by atoms with E-state index in [1.54, 1.807) is 11.4 Å². The van der Waals surface area contributed by atoms with E-state index in [1.807, 2.05) is 13.8 Å². The van der Waals surface area contributed by atoms with Crippen molar-refractivity contribution < 1.29 is 8.42 Å². The number of hydrogen-bond donors (Lipinski definition) is 0. The van der Waals surface area contributed by atoms with Gasteiger partial charge in [0.25, 0.3) is 0 Å². The van der Waals surface area contributed by atoms with Gasteiger partial charge in [-0.15, -0.1) is 0 Å². The predicted molar refractivity (Wildman–Crippen MR) is 80.8 cm³/mol. The van der Waals surface area contributed by atoms with Crippen LogP contribution in [0.4, 0.5) is 0 Å². The summed E-state index contributed by atoms with van der Waals surface area (Å²) in [5.41, 5.74) is 0. The Morgan fingerprint density at radius 1 is 1.26 bits per heavy atom. The van der Waals surface area contributed by atoms with E-state index in [0.29, 0.717) is 0 Å². The third kappa shape index (κ3) is 5.04. The monoisotopic (exact) mass is 290 g/mol. The second-order valence-electron chi connectivity index (χ2n) is 5.88. The molecule has 1 fully saturated rings. The number of hydrogen-bond acceptors (Lipinski definition) is 3. The molecule has 0 aromatic rings. The second-order valence-corrected chi connectivity index (χ2v) is 7.95. The van der Waals surface area contributed by atoms with Crippen molar-refractivity contribution in [3.8, 4) is 0 Å². The topological polar surface area (TPSA) is 40.6 Å². The Labute approximate surface area is 119 Å². The van der Waals surface area contributed by atoms with Gasteiger partial charge >= 0.3 is 0 Å². The highest BCUT2D eigenvalue weighted by atomic mass is 32.2. The molecule has 0 aromatic carbocycles. The molecule has 0 aliphatic carbocycles. The van der Waals surface area contributed by atoms with E-state index in [1.165, 1.54) is 6.42 Å². The van der Waals surface area contributed by atoms with Crippen LogP contribution in [0.5, 0.6) is 0 Å². The lowest BCUT2D eigenvalue weighted by molar-refractivity contribution is 0.170. The summed E-state index contributed by atoms with van der Waals surface area (Å²) in [7, 11) is -1.32. The molecule has 0 unspecified atom stereocenters. The lowest BCUT2D eigenvalue weighted by Gasteiger charge is -2.36. The summed E-state index contributed by atoms with van der Waals surface area (Å²) >= 11 is 0. The molecule has 4 nitrogen and oxygen atoms in total. The second kappa shape index (κ2) is 7.60. The summed E-state index contributed by atoms with van der Waals surface area (Å²) in [5.74, 6) is 0.530. The Morgan fingerprint density at radius 3 is 2.32 bits per heavy atom. The molecule has 114 valence electrons. The fourth-order valence-electron chi connectivity index (χ4n) is 2.64. The summed E-state index contributed by atoms with van der Waals surface area (Å²) in [6, 6.07) is 0.196. The zero-order chi connectivity index (χ0) is 14.5. The highest BCUT2D eigenvalue weighted by molar-refractivity contribution is 7.89. The first-order chi connectivity index (χ1) is 8.90. The molecule has 1 saturated heterocycles. The molecule has 0 amide bonds. The van der Waals surface area contributed by atoms with Crippen LogP contribution in [0, 0.1) is 5.92 Å². The van der Waals surface area contributed by atoms with Gasteiger partial charge in [0.15, 0.2) is 0 Å². The number of rotatable bonds is 7. The van der Waals surface area contributed by atoms with Crippen LogP contribution < -0.4 is 0 Å². The van der Waals surface area contributed by atoms with Crippen LogP contribution in [0.15, 0.2) is 0 Å². The largest absolute Gasteiger partial charge is 0.303 e. The van der Waals surface area contributed by atoms with E-state index in [0.717, 1.165) is 38.9 Å². The van der Waals surface area contributed by atoms with Crippen molar-refractivity contribution in [2.75, 3.05) is 32.4 Å². The standard InChI is InChI=1S/C14H30N2O2S/c1-5-9-16-10-7-14(8-11-16)15(4)19(17,18)12-13(3)6-2/h13-14H,5-12H2,1-4H3/t13-/m1/s1. The molecule has 5 heteroatoms. The maximum absolute atomic E-state index is 12.3. The quantitative estimate of drug-likeness (QED) is 0.721. The van der Waals surface area contributed by atoms with E-state index >= 15 is 0 Å². The van der Waals surface area contributed by atoms with E-state index < -0.39 is 10.0 Å². The van der Waals surface area contributed by atoms with Crippen molar-refractivity contribution in [2.45, 2.75) is 52.5 Å². The highest BCUT2D eigenvalue weighted by Gasteiger charge is 2.30. The van der Waals surface area contributed by atoms with Crippen LogP contribution in [-0.4, -0.2) is 56.1 Å². The molecule has 0 bridgehead atoms. The van der Waals surface area contributed by atoms with E-state index in [2.05, 4.69) is 11.8 Å². The van der Waals surface area contributed by atoms with Crippen LogP contribution in [0.3, 0.4) is 0 Å². The number of sulfonamides is 1. The van der Waals surface area contributed by atoms with Gasteiger partial charge in [-0.25, -0.2) is 12.7 Å². The molecule has 1 heterocycles. The van der Waals surface area contributed by atoms with Crippen molar-refractivity contribution in [3.63, 3.8) is 0 Å². The Balaban J connectivity index is 2.52. The smallest absolute Gasteiger partial charge is 0.214 e. The van der Waals surface area contributed by atoms with Gasteiger partial charge in [-0.1, -0.05) is 27.2 Å². The lowest BCUT2D eigenvalue weighted by atomic mass is 10.1. The van der Waals surface area contributed by atoms with Crippen LogP contribution in [0.1, 0.15) is 46.5 Å². The Hall–Kier alpha value is -0.130. The molecule has 0 spiro atoms. The zero-order valence-corrected chi connectivity index (χ0v) is 13.7. The average molecular weight is 290 g/mol. The van der Waals surface area contributed by atoms with Gasteiger partial charge in [0.2, 0.25) is 10.0 Å². The molecular formula is C14H30N2O2S. The first-order valence-corrected chi connectivity index (χ1v) is 9.19. The van der Waals surface area contributed by atoms with Crippen molar-refractivity contribution in [1.29, 1.82) is 0 Å². The molecule has 1 aliphatic rings. The predicted octanol–water partition coefficient (Wildman–Crippen LogP) is 2.17. The molecule has 1 atom stereocenters. The van der Waals surface area contributed by atoms with Gasteiger partial charge in [0, 0.05) is 13.1 Å². The number of piperidine rings is 1. The van der Waals surface area contributed by atoms with Crippen LogP contribution >= 0.6 is 0 Å². The molecule has 1 aliphatic heterocycles. The minimum absolute atomic E-state index is 0.196. The maximum atomic E-state index is 12.3. The van der Waals surface area contributed by atoms with Crippen LogP contribution in [0.2, 0.25) is 0 Å². The minimum atomic E-state index is -3.09. The Bertz CT molecular complexity index is 348. The molecule has 0 aromatic heterocycles. The molecule has 0 N–H and O–H groups in total. The van der Waals surface area contributed by atoms with Gasteiger partial charge < -0.3 is 4.90 Å². The van der Waals surface area contributed by atoms with Crippen molar-refractivity contribution >= 4 is 10.0 Å². The maximum Gasteiger partial charge on any atom is 0.214 e. The molecule has 19 heavy (non-hydrogen) atoms. The van der Waals surface area contributed by atoms with Crippen molar-refractivity contribution in [3.05, 3.63) is 0 Å². The van der Waals surface area contributed by atoms with Gasteiger partial charge in [-0.05, 0) is 44.8 Å². The van der Waals surface area contributed by atoms with Crippen LogP contribution in [0.25, 0.3) is 0 Å². The lowest BCUT2D eigenvalue weighted by Crippen LogP contribution is -2.46. The van der Waals surface area contributed by atoms with Gasteiger partial charge in [0.1, 0.15) is 0 Å². The van der Waals surface area contributed by atoms with E-state index in [-0.39, 0.29) is 17.7 Å². The van der Waals surface area contributed by atoms with E-state index in [9.17, 15) is 8.42 Å². The van der Waals surface area contributed by atoms with Crippen molar-refractivity contribution in [2.24, 2.45) is 5.92 Å². The van der Waals surface area contributed by atoms with Crippen molar-refractivity contribution in [1.82, 2.24) is 9.21 Å². The normalized spacial score (nSPS) is 20.9. The molecule has 1 rings (SSSR count). The summed E-state index contributed by atoms with van der Waals surface area (Å²) in [4.78, 5) is 2.44. The summed E-state index contributed by atoms with van der Waals surface area (Å²) in [5, 5.41) is 0. The fraction of sp³-hybridized carbons (Fsp3) is 1.00. The number of likely N-dealkylation sites (tertiary alicyclic amines) is 1. The zero-order valence-electron chi connectivity index (χ0n) is 12.9. The summed E-state index contributed by atoms with van der Waals surface area (Å²) in [6.45, 7) is 9.44. The highest BCUT2D eigenvalue weighted by Crippen LogP contribution is 2.20. The van der Waals surface area contributed by atoms with E-state index in [4.69, 9.17) is 0 Å². The fourth-order valence-corrected chi connectivity index (χ4v) is 4.50. The average Bonchev–Trinajstić information content (AvgIpc) is 2.38. The number of nitrogens with zero attached hydrogens (tertiary/aromatic N) is 2. The molecule has 0 radical (unpaired) electrons. The summed E-state index contributed by atoms with van der Waals surface area (Å²) < 4.78 is 26.3. The van der Waals surface area contributed by atoms with Gasteiger partial charge in [-0.2, -0.15) is 0 Å². The Morgan fingerprint density at radius 2 is 1.84 bits per heavy atom. The first kappa shape index (κ1) is 16.9. The Kier molecular flexibility index (Phi) is 6.77. The minimum Gasteiger partial charge on any atom is -0.303 e. The summed E-state index contributed by atoms with van der Waals surface area (Å²) in [6.07, 6.45) is 4.03. The molecule has 0 saturated carbocycles. The third-order valence-corrected chi connectivity index (χ3v) is 6.41. The SMILES string of the molecule is CCCN1CCC(N(C)S(=O)(=O)C[C@H](C)CC)CC1. The third-order valence-electron chi connectivity index (χ3n) is 4.24. The van der Waals surface area contributed by atoms with Gasteiger partial charge in [-0.3, -0.25) is 0 Å². The first-order valence-electron chi connectivity index (χ1n) is 7.58. The molecular weight excluding hydrogens is 260 g/mol.